The molecule has 1 rings (SSSR count). The van der Waals surface area contributed by atoms with Crippen molar-refractivity contribution < 1.29 is 19.1 Å². The molecule has 1 aromatic rings. The quantitative estimate of drug-likeness (QED) is 0.753. The van der Waals surface area contributed by atoms with E-state index in [9.17, 15) is 9.59 Å². The number of carbonyl (C=O) groups excluding carboxylic acids is 2. The molecule has 1 aromatic carbocycles. The summed E-state index contributed by atoms with van der Waals surface area (Å²) in [6.45, 7) is 7.10. The van der Waals surface area contributed by atoms with Crippen LogP contribution in [0.4, 0.5) is 0 Å². The highest BCUT2D eigenvalue weighted by molar-refractivity contribution is 5.89. The molecule has 0 N–H and O–H groups in total. The molecule has 0 heterocycles. The van der Waals surface area contributed by atoms with Gasteiger partial charge in [-0.25, -0.2) is 4.79 Å². The van der Waals surface area contributed by atoms with Crippen LogP contribution in [0.2, 0.25) is 0 Å². The molecule has 0 aromatic heterocycles. The van der Waals surface area contributed by atoms with Gasteiger partial charge in [0, 0.05) is 0 Å². The molecule has 0 aliphatic carbocycles. The van der Waals surface area contributed by atoms with E-state index in [0.29, 0.717) is 17.9 Å². The molecule has 98 valence electrons. The zero-order valence-electron chi connectivity index (χ0n) is 11.1. The maximum atomic E-state index is 11.5. The Bertz CT molecular complexity index is 451. The Morgan fingerprint density at radius 2 is 2.00 bits per heavy atom. The smallest absolute Gasteiger partial charge is 0.338 e. The van der Waals surface area contributed by atoms with Crippen LogP contribution >= 0.6 is 0 Å². The van der Waals surface area contributed by atoms with E-state index in [1.807, 2.05) is 6.92 Å². The standard InChI is InChI=1S/C14H18O4/c1-5-17-14(16)12-6-7-13(9(2)8-12)18-11(4)10(3)15/h6-8,11H,5H2,1-4H3. The van der Waals surface area contributed by atoms with E-state index in [0.717, 1.165) is 5.56 Å². The molecule has 18 heavy (non-hydrogen) atoms. The average molecular weight is 250 g/mol. The minimum absolute atomic E-state index is 0.0381. The maximum Gasteiger partial charge on any atom is 0.338 e. The number of hydrogen-bond donors (Lipinski definition) is 0. The Hall–Kier alpha value is -1.84. The van der Waals surface area contributed by atoms with Gasteiger partial charge in [0.2, 0.25) is 0 Å². The van der Waals surface area contributed by atoms with Gasteiger partial charge in [-0.05, 0) is 51.5 Å². The second-order valence-electron chi connectivity index (χ2n) is 4.07. The molecule has 0 bridgehead atoms. The van der Waals surface area contributed by atoms with E-state index >= 15 is 0 Å². The highest BCUT2D eigenvalue weighted by atomic mass is 16.5. The van der Waals surface area contributed by atoms with Gasteiger partial charge < -0.3 is 9.47 Å². The van der Waals surface area contributed by atoms with Crippen molar-refractivity contribution in [2.75, 3.05) is 6.61 Å². The Labute approximate surface area is 107 Å². The van der Waals surface area contributed by atoms with Gasteiger partial charge in [0.15, 0.2) is 11.9 Å². The van der Waals surface area contributed by atoms with E-state index in [-0.39, 0.29) is 11.8 Å². The lowest BCUT2D eigenvalue weighted by Gasteiger charge is -2.14. The monoisotopic (exact) mass is 250 g/mol. The van der Waals surface area contributed by atoms with Gasteiger partial charge in [0.25, 0.3) is 0 Å². The van der Waals surface area contributed by atoms with Gasteiger partial charge in [-0.1, -0.05) is 0 Å². The summed E-state index contributed by atoms with van der Waals surface area (Å²) in [6.07, 6.45) is -0.489. The molecule has 0 saturated carbocycles. The lowest BCUT2D eigenvalue weighted by atomic mass is 10.1. The topological polar surface area (TPSA) is 52.6 Å². The summed E-state index contributed by atoms with van der Waals surface area (Å²) in [5.41, 5.74) is 1.28. The first-order valence-electron chi connectivity index (χ1n) is 5.90. The highest BCUT2D eigenvalue weighted by Crippen LogP contribution is 2.21. The first kappa shape index (κ1) is 14.2. The van der Waals surface area contributed by atoms with E-state index in [1.54, 1.807) is 32.0 Å². The van der Waals surface area contributed by atoms with Crippen molar-refractivity contribution in [3.63, 3.8) is 0 Å². The van der Waals surface area contributed by atoms with Gasteiger partial charge >= 0.3 is 5.97 Å². The van der Waals surface area contributed by atoms with E-state index < -0.39 is 6.10 Å². The number of ether oxygens (including phenoxy) is 2. The molecule has 0 aliphatic rings. The van der Waals surface area contributed by atoms with Gasteiger partial charge in [0.05, 0.1) is 12.2 Å². The fourth-order valence-electron chi connectivity index (χ4n) is 1.40. The summed E-state index contributed by atoms with van der Waals surface area (Å²) < 4.78 is 10.4. The van der Waals surface area contributed by atoms with Gasteiger partial charge in [-0.3, -0.25) is 4.79 Å². The summed E-state index contributed by atoms with van der Waals surface area (Å²) in [5.74, 6) is 0.210. The van der Waals surface area contributed by atoms with Crippen molar-refractivity contribution >= 4 is 11.8 Å². The number of carbonyl (C=O) groups is 2. The molecule has 0 aliphatic heterocycles. The summed E-state index contributed by atoms with van der Waals surface area (Å²) in [4.78, 5) is 22.6. The van der Waals surface area contributed by atoms with Crippen molar-refractivity contribution in [3.8, 4) is 5.75 Å². The van der Waals surface area contributed by atoms with Gasteiger partial charge in [-0.15, -0.1) is 0 Å². The number of rotatable bonds is 5. The van der Waals surface area contributed by atoms with Gasteiger partial charge in [0.1, 0.15) is 5.75 Å². The summed E-state index contributed by atoms with van der Waals surface area (Å²) in [6, 6.07) is 5.01. The molecule has 1 atom stereocenters. The average Bonchev–Trinajstić information content (AvgIpc) is 2.31. The Morgan fingerprint density at radius 1 is 1.33 bits per heavy atom. The normalized spacial score (nSPS) is 11.8. The number of esters is 1. The third-order valence-electron chi connectivity index (χ3n) is 2.56. The number of hydrogen-bond acceptors (Lipinski definition) is 4. The van der Waals surface area contributed by atoms with Crippen molar-refractivity contribution in [1.82, 2.24) is 0 Å². The van der Waals surface area contributed by atoms with E-state index in [2.05, 4.69) is 0 Å². The van der Waals surface area contributed by atoms with Crippen LogP contribution in [0.5, 0.6) is 5.75 Å². The van der Waals surface area contributed by atoms with Crippen LogP contribution in [0.15, 0.2) is 18.2 Å². The van der Waals surface area contributed by atoms with E-state index in [1.165, 1.54) is 6.92 Å². The van der Waals surface area contributed by atoms with Crippen LogP contribution in [-0.2, 0) is 9.53 Å². The van der Waals surface area contributed by atoms with Gasteiger partial charge in [-0.2, -0.15) is 0 Å². The molecule has 0 fully saturated rings. The zero-order chi connectivity index (χ0) is 13.7. The lowest BCUT2D eigenvalue weighted by Crippen LogP contribution is -2.21. The maximum absolute atomic E-state index is 11.5. The number of aryl methyl sites for hydroxylation is 1. The Balaban J connectivity index is 2.86. The Kier molecular flexibility index (Phi) is 4.89. The van der Waals surface area contributed by atoms with Crippen LogP contribution in [0.25, 0.3) is 0 Å². The van der Waals surface area contributed by atoms with Crippen LogP contribution in [0.1, 0.15) is 36.7 Å². The summed E-state index contributed by atoms with van der Waals surface area (Å²) in [7, 11) is 0. The number of ketones is 1. The predicted octanol–water partition coefficient (Wildman–Crippen LogP) is 2.53. The second-order valence-corrected chi connectivity index (χ2v) is 4.07. The molecule has 1 unspecified atom stereocenters. The largest absolute Gasteiger partial charge is 0.483 e. The lowest BCUT2D eigenvalue weighted by molar-refractivity contribution is -0.122. The summed E-state index contributed by atoms with van der Waals surface area (Å²) in [5, 5.41) is 0. The zero-order valence-corrected chi connectivity index (χ0v) is 11.1. The predicted molar refractivity (Wildman–Crippen MR) is 67.9 cm³/mol. The summed E-state index contributed by atoms with van der Waals surface area (Å²) >= 11 is 0. The minimum Gasteiger partial charge on any atom is -0.483 e. The van der Waals surface area contributed by atoms with Crippen molar-refractivity contribution in [3.05, 3.63) is 29.3 Å². The molecule has 4 nitrogen and oxygen atoms in total. The van der Waals surface area contributed by atoms with Crippen molar-refractivity contribution in [2.45, 2.75) is 33.8 Å². The van der Waals surface area contributed by atoms with Crippen LogP contribution < -0.4 is 4.74 Å². The fraction of sp³-hybridized carbons (Fsp3) is 0.429. The SMILES string of the molecule is CCOC(=O)c1ccc(OC(C)C(C)=O)c(C)c1. The number of Topliss-reactive ketones (excluding diaryl/α,β-unsaturated/α-hetero) is 1. The molecule has 0 amide bonds. The minimum atomic E-state index is -0.489. The van der Waals surface area contributed by atoms with Crippen LogP contribution in [0.3, 0.4) is 0 Å². The van der Waals surface area contributed by atoms with Crippen LogP contribution in [0, 0.1) is 6.92 Å². The molecule has 0 saturated heterocycles. The number of benzene rings is 1. The molecular weight excluding hydrogens is 232 g/mol. The molecule has 0 spiro atoms. The first-order chi connectivity index (χ1) is 8.45. The van der Waals surface area contributed by atoms with Crippen LogP contribution in [-0.4, -0.2) is 24.5 Å². The second kappa shape index (κ2) is 6.19. The fourth-order valence-corrected chi connectivity index (χ4v) is 1.40. The van der Waals surface area contributed by atoms with Crippen molar-refractivity contribution in [2.24, 2.45) is 0 Å². The van der Waals surface area contributed by atoms with E-state index in [4.69, 9.17) is 9.47 Å². The van der Waals surface area contributed by atoms with Crippen molar-refractivity contribution in [1.29, 1.82) is 0 Å². The molecular formula is C14H18O4. The Morgan fingerprint density at radius 3 is 2.50 bits per heavy atom. The highest BCUT2D eigenvalue weighted by Gasteiger charge is 2.13. The molecule has 0 radical (unpaired) electrons. The third-order valence-corrected chi connectivity index (χ3v) is 2.56. The third kappa shape index (κ3) is 3.58. The molecule has 4 heteroatoms. The first-order valence-corrected chi connectivity index (χ1v) is 5.90.